The normalized spacial score (nSPS) is 28.8. The monoisotopic (exact) mass is 408 g/mol. The zero-order valence-corrected chi connectivity index (χ0v) is 17.7. The van der Waals surface area contributed by atoms with Crippen LogP contribution in [0.25, 0.3) is 11.1 Å². The Kier molecular flexibility index (Phi) is 4.81. The Bertz CT molecular complexity index is 948. The van der Waals surface area contributed by atoms with Crippen LogP contribution in [0, 0.1) is 17.2 Å². The molecule has 2 aromatic rings. The third-order valence-corrected chi connectivity index (χ3v) is 7.18. The molecule has 0 spiro atoms. The summed E-state index contributed by atoms with van der Waals surface area (Å²) in [5, 5.41) is 3.17. The van der Waals surface area contributed by atoms with E-state index in [2.05, 4.69) is 42.3 Å². The average Bonchev–Trinajstić information content (AvgIpc) is 2.98. The first kappa shape index (κ1) is 19.6. The lowest BCUT2D eigenvalue weighted by Gasteiger charge is -2.44. The van der Waals surface area contributed by atoms with Crippen molar-refractivity contribution < 1.29 is 13.9 Å². The maximum absolute atomic E-state index is 13.3. The zero-order valence-electron chi connectivity index (χ0n) is 17.7. The fourth-order valence-electron chi connectivity index (χ4n) is 5.48. The molecule has 5 heteroatoms. The molecule has 30 heavy (non-hydrogen) atoms. The number of nitrogens with zero attached hydrogens (tertiary/aromatic N) is 1. The van der Waals surface area contributed by atoms with Gasteiger partial charge in [0, 0.05) is 6.54 Å². The third kappa shape index (κ3) is 3.60. The van der Waals surface area contributed by atoms with Gasteiger partial charge in [-0.2, -0.15) is 0 Å². The van der Waals surface area contributed by atoms with Gasteiger partial charge in [-0.3, -0.25) is 4.90 Å². The lowest BCUT2D eigenvalue weighted by atomic mass is 9.85. The molecule has 2 aromatic carbocycles. The third-order valence-electron chi connectivity index (χ3n) is 7.18. The van der Waals surface area contributed by atoms with Crippen LogP contribution in [0.5, 0.6) is 0 Å². The van der Waals surface area contributed by atoms with Gasteiger partial charge < -0.3 is 10.1 Å². The van der Waals surface area contributed by atoms with Gasteiger partial charge in [-0.05, 0) is 78.1 Å². The number of benzene rings is 2. The zero-order chi connectivity index (χ0) is 20.9. The van der Waals surface area contributed by atoms with Gasteiger partial charge in [-0.1, -0.05) is 44.2 Å². The SMILES string of the molecule is CC1(C)Cc2cc(-c3ccc(F)cc3)ccc2C1NC(=O)O[C@H]1CN2CCC1CC2. The van der Waals surface area contributed by atoms with Crippen molar-refractivity contribution in [3.63, 3.8) is 0 Å². The molecule has 3 fully saturated rings. The van der Waals surface area contributed by atoms with Gasteiger partial charge in [0.1, 0.15) is 11.9 Å². The molecular weight excluding hydrogens is 379 g/mol. The summed E-state index contributed by atoms with van der Waals surface area (Å²) in [5.74, 6) is 0.273. The number of hydrogen-bond donors (Lipinski definition) is 1. The van der Waals surface area contributed by atoms with Gasteiger partial charge in [0.15, 0.2) is 0 Å². The van der Waals surface area contributed by atoms with Gasteiger partial charge in [0.05, 0.1) is 6.04 Å². The van der Waals surface area contributed by atoms with Gasteiger partial charge in [0.2, 0.25) is 0 Å². The molecule has 0 aromatic heterocycles. The van der Waals surface area contributed by atoms with E-state index in [1.54, 1.807) is 12.1 Å². The molecule has 2 bridgehead atoms. The van der Waals surface area contributed by atoms with E-state index in [4.69, 9.17) is 4.74 Å². The molecular formula is C25H29FN2O2. The van der Waals surface area contributed by atoms with E-state index < -0.39 is 0 Å². The second-order valence-corrected chi connectivity index (χ2v) is 9.74. The number of amides is 1. The second kappa shape index (κ2) is 7.38. The summed E-state index contributed by atoms with van der Waals surface area (Å²) in [4.78, 5) is 15.2. The van der Waals surface area contributed by atoms with E-state index in [-0.39, 0.29) is 29.5 Å². The highest BCUT2D eigenvalue weighted by molar-refractivity contribution is 5.70. The number of fused-ring (bicyclic) bond motifs is 4. The molecule has 1 aliphatic carbocycles. The van der Waals surface area contributed by atoms with E-state index in [1.165, 1.54) is 17.7 Å². The summed E-state index contributed by atoms with van der Waals surface area (Å²) in [6, 6.07) is 12.8. The minimum Gasteiger partial charge on any atom is -0.445 e. The second-order valence-electron chi connectivity index (χ2n) is 9.74. The minimum absolute atomic E-state index is 0.0114. The quantitative estimate of drug-likeness (QED) is 0.782. The van der Waals surface area contributed by atoms with Crippen molar-refractivity contribution in [3.05, 3.63) is 59.4 Å². The van der Waals surface area contributed by atoms with Crippen LogP contribution in [0.1, 0.15) is 43.9 Å². The molecule has 3 aliphatic heterocycles. The summed E-state index contributed by atoms with van der Waals surface area (Å²) in [6.07, 6.45) is 2.84. The number of carbonyl (C=O) groups excluding carboxylic acids is 1. The number of hydrogen-bond acceptors (Lipinski definition) is 3. The molecule has 4 aliphatic rings. The van der Waals surface area contributed by atoms with E-state index >= 15 is 0 Å². The largest absolute Gasteiger partial charge is 0.445 e. The Morgan fingerprint density at radius 3 is 2.47 bits per heavy atom. The molecule has 2 atom stereocenters. The Labute approximate surface area is 177 Å². The summed E-state index contributed by atoms with van der Waals surface area (Å²) in [7, 11) is 0. The van der Waals surface area contributed by atoms with E-state index in [0.29, 0.717) is 5.92 Å². The van der Waals surface area contributed by atoms with Gasteiger partial charge in [-0.15, -0.1) is 0 Å². The van der Waals surface area contributed by atoms with Crippen LogP contribution < -0.4 is 5.32 Å². The fraction of sp³-hybridized carbons (Fsp3) is 0.480. The van der Waals surface area contributed by atoms with E-state index in [1.807, 2.05) is 0 Å². The highest BCUT2D eigenvalue weighted by Crippen LogP contribution is 2.46. The molecule has 3 heterocycles. The highest BCUT2D eigenvalue weighted by atomic mass is 19.1. The molecule has 0 saturated carbocycles. The molecule has 1 amide bonds. The van der Waals surface area contributed by atoms with E-state index in [9.17, 15) is 9.18 Å². The Morgan fingerprint density at radius 1 is 1.10 bits per heavy atom. The fourth-order valence-corrected chi connectivity index (χ4v) is 5.48. The molecule has 4 nitrogen and oxygen atoms in total. The van der Waals surface area contributed by atoms with Crippen LogP contribution >= 0.6 is 0 Å². The van der Waals surface area contributed by atoms with E-state index in [0.717, 1.165) is 55.6 Å². The van der Waals surface area contributed by atoms with Crippen molar-refractivity contribution in [2.75, 3.05) is 19.6 Å². The Balaban J connectivity index is 1.32. The average molecular weight is 409 g/mol. The Morgan fingerprint density at radius 2 is 1.80 bits per heavy atom. The van der Waals surface area contributed by atoms with Crippen molar-refractivity contribution in [3.8, 4) is 11.1 Å². The standard InChI is InChI=1S/C25H29FN2O2/c1-25(2)14-19-13-18(16-3-6-20(26)7-4-16)5-8-21(19)23(25)27-24(29)30-22-15-28-11-9-17(22)10-12-28/h3-8,13,17,22-23H,9-12,14-15H2,1-2H3,(H,27,29)/t22-,23?/m0/s1. The van der Waals surface area contributed by atoms with Crippen molar-refractivity contribution in [2.45, 2.75) is 45.3 Å². The summed E-state index contributed by atoms with van der Waals surface area (Å²) in [6.45, 7) is 7.49. The van der Waals surface area contributed by atoms with Crippen molar-refractivity contribution in [1.29, 1.82) is 0 Å². The number of carbonyl (C=O) groups is 1. The van der Waals surface area contributed by atoms with Gasteiger partial charge in [-0.25, -0.2) is 9.18 Å². The molecule has 1 unspecified atom stereocenters. The molecule has 3 saturated heterocycles. The predicted molar refractivity (Wildman–Crippen MR) is 115 cm³/mol. The first-order valence-electron chi connectivity index (χ1n) is 11.0. The lowest BCUT2D eigenvalue weighted by molar-refractivity contribution is -0.0348. The van der Waals surface area contributed by atoms with Crippen LogP contribution in [0.3, 0.4) is 0 Å². The van der Waals surface area contributed by atoms with Crippen molar-refractivity contribution >= 4 is 6.09 Å². The van der Waals surface area contributed by atoms with Crippen LogP contribution in [0.4, 0.5) is 9.18 Å². The minimum atomic E-state index is -0.303. The van der Waals surface area contributed by atoms with Crippen LogP contribution in [0.2, 0.25) is 0 Å². The highest BCUT2D eigenvalue weighted by Gasteiger charge is 2.42. The number of alkyl carbamates (subject to hydrolysis) is 1. The maximum Gasteiger partial charge on any atom is 0.407 e. The number of ether oxygens (including phenoxy) is 1. The molecule has 158 valence electrons. The molecule has 1 N–H and O–H groups in total. The number of halogens is 1. The van der Waals surface area contributed by atoms with Crippen molar-refractivity contribution in [1.82, 2.24) is 10.2 Å². The molecule has 0 radical (unpaired) electrons. The molecule has 6 rings (SSSR count). The van der Waals surface area contributed by atoms with Crippen LogP contribution in [0.15, 0.2) is 42.5 Å². The Hall–Kier alpha value is -2.40. The predicted octanol–water partition coefficient (Wildman–Crippen LogP) is 4.94. The first-order valence-corrected chi connectivity index (χ1v) is 11.0. The lowest BCUT2D eigenvalue weighted by Crippen LogP contribution is -2.53. The smallest absolute Gasteiger partial charge is 0.407 e. The maximum atomic E-state index is 13.3. The van der Waals surface area contributed by atoms with Crippen LogP contribution in [-0.2, 0) is 11.2 Å². The topological polar surface area (TPSA) is 41.6 Å². The summed E-state index contributed by atoms with van der Waals surface area (Å²) < 4.78 is 19.1. The number of rotatable bonds is 3. The van der Waals surface area contributed by atoms with Crippen LogP contribution in [-0.4, -0.2) is 36.7 Å². The first-order chi connectivity index (χ1) is 14.4. The van der Waals surface area contributed by atoms with Gasteiger partial charge >= 0.3 is 6.09 Å². The number of nitrogens with one attached hydrogen (secondary N) is 1. The van der Waals surface area contributed by atoms with Gasteiger partial charge in [0.25, 0.3) is 0 Å². The number of piperidine rings is 3. The summed E-state index contributed by atoms with van der Waals surface area (Å²) >= 11 is 0. The summed E-state index contributed by atoms with van der Waals surface area (Å²) in [5.41, 5.74) is 4.35. The van der Waals surface area contributed by atoms with Crippen molar-refractivity contribution in [2.24, 2.45) is 11.3 Å².